The van der Waals surface area contributed by atoms with Crippen molar-refractivity contribution in [2.75, 3.05) is 30.9 Å². The molecule has 0 saturated carbocycles. The van der Waals surface area contributed by atoms with Gasteiger partial charge in [0.05, 0.1) is 29.3 Å². The molecule has 0 spiro atoms. The fourth-order valence-corrected chi connectivity index (χ4v) is 4.42. The number of nitrogens with zero attached hydrogens (tertiary/aromatic N) is 7. The molecule has 1 N–H and O–H groups in total. The van der Waals surface area contributed by atoms with Gasteiger partial charge < -0.3 is 15.1 Å². The zero-order chi connectivity index (χ0) is 24.5. The minimum atomic E-state index is 0.137. The van der Waals surface area contributed by atoms with Crippen molar-refractivity contribution in [1.29, 1.82) is 0 Å². The number of aromatic nitrogens is 5. The normalized spacial score (nSPS) is 16.5. The van der Waals surface area contributed by atoms with Gasteiger partial charge >= 0.3 is 0 Å². The third kappa shape index (κ3) is 4.72. The Morgan fingerprint density at radius 3 is 2.71 bits per heavy atom. The maximum Gasteiger partial charge on any atom is 0.228 e. The molecule has 9 heteroatoms. The number of carbonyl (C=O) groups excluding carboxylic acids is 1. The summed E-state index contributed by atoms with van der Waals surface area (Å²) in [6.45, 7) is 5.00. The first-order chi connectivity index (χ1) is 16.9. The molecule has 1 unspecified atom stereocenters. The standard InChI is InChI=1S/C26H30N8O/c1-17(2)21-15-29-34-12-10-18(13-23(21)34)22-9-11-27-26(30-22)31-24-7-5-19(14-28-24)33-16-20(32(3)4)6-8-25(33)35/h5,7,9-15,17,20H,6,8,16H2,1-4H3,(H,27,28,30,31). The van der Waals surface area contributed by atoms with Crippen molar-refractivity contribution in [1.82, 2.24) is 29.5 Å². The summed E-state index contributed by atoms with van der Waals surface area (Å²) in [6, 6.07) is 10.1. The highest BCUT2D eigenvalue weighted by molar-refractivity contribution is 5.94. The Bertz CT molecular complexity index is 1350. The van der Waals surface area contributed by atoms with E-state index in [4.69, 9.17) is 4.98 Å². The van der Waals surface area contributed by atoms with E-state index >= 15 is 0 Å². The molecular weight excluding hydrogens is 440 g/mol. The number of fused-ring (bicyclic) bond motifs is 1. The van der Waals surface area contributed by atoms with Gasteiger partial charge in [0, 0.05) is 42.5 Å². The molecule has 1 atom stereocenters. The lowest BCUT2D eigenvalue weighted by Crippen LogP contribution is -2.48. The highest BCUT2D eigenvalue weighted by Crippen LogP contribution is 2.26. The number of piperidine rings is 1. The van der Waals surface area contributed by atoms with Crippen LogP contribution in [0.3, 0.4) is 0 Å². The number of nitrogens with one attached hydrogen (secondary N) is 1. The summed E-state index contributed by atoms with van der Waals surface area (Å²) in [5.74, 6) is 1.60. The first kappa shape index (κ1) is 22.9. The minimum absolute atomic E-state index is 0.137. The topological polar surface area (TPSA) is 91.6 Å². The zero-order valence-electron chi connectivity index (χ0n) is 20.5. The largest absolute Gasteiger partial charge is 0.309 e. The quantitative estimate of drug-likeness (QED) is 0.453. The molecule has 0 radical (unpaired) electrons. The predicted octanol–water partition coefficient (Wildman–Crippen LogP) is 4.11. The van der Waals surface area contributed by atoms with Crippen molar-refractivity contribution in [2.24, 2.45) is 0 Å². The van der Waals surface area contributed by atoms with E-state index < -0.39 is 0 Å². The number of likely N-dealkylation sites (N-methyl/N-ethyl adjacent to an activating group) is 1. The van der Waals surface area contributed by atoms with Gasteiger partial charge in [0.2, 0.25) is 11.9 Å². The predicted molar refractivity (Wildman–Crippen MR) is 137 cm³/mol. The van der Waals surface area contributed by atoms with E-state index in [9.17, 15) is 4.79 Å². The third-order valence-corrected chi connectivity index (χ3v) is 6.54. The molecule has 0 aliphatic carbocycles. The Morgan fingerprint density at radius 2 is 1.97 bits per heavy atom. The molecule has 0 bridgehead atoms. The van der Waals surface area contributed by atoms with Crippen molar-refractivity contribution in [3.05, 3.63) is 60.7 Å². The Labute approximate surface area is 204 Å². The molecule has 1 amide bonds. The van der Waals surface area contributed by atoms with Crippen LogP contribution in [0.4, 0.5) is 17.5 Å². The molecule has 4 aromatic rings. The van der Waals surface area contributed by atoms with Crippen LogP contribution in [0.5, 0.6) is 0 Å². The second kappa shape index (κ2) is 9.42. The fraction of sp³-hybridized carbons (Fsp3) is 0.346. The van der Waals surface area contributed by atoms with E-state index in [0.717, 1.165) is 28.9 Å². The van der Waals surface area contributed by atoms with Gasteiger partial charge in [0.1, 0.15) is 5.82 Å². The number of amides is 1. The highest BCUT2D eigenvalue weighted by Gasteiger charge is 2.28. The molecule has 0 aromatic carbocycles. The third-order valence-electron chi connectivity index (χ3n) is 6.54. The van der Waals surface area contributed by atoms with Gasteiger partial charge in [-0.25, -0.2) is 19.5 Å². The molecule has 1 aliphatic rings. The summed E-state index contributed by atoms with van der Waals surface area (Å²) in [5.41, 5.74) is 4.88. The van der Waals surface area contributed by atoms with Crippen LogP contribution in [0, 0.1) is 0 Å². The molecule has 5 rings (SSSR count). The van der Waals surface area contributed by atoms with Gasteiger partial charge in [-0.3, -0.25) is 4.79 Å². The van der Waals surface area contributed by atoms with Gasteiger partial charge in [0.15, 0.2) is 0 Å². The number of carbonyl (C=O) groups is 1. The maximum atomic E-state index is 12.5. The molecule has 9 nitrogen and oxygen atoms in total. The molecule has 35 heavy (non-hydrogen) atoms. The number of anilines is 3. The lowest BCUT2D eigenvalue weighted by molar-refractivity contribution is -0.120. The summed E-state index contributed by atoms with van der Waals surface area (Å²) >= 11 is 0. The number of rotatable bonds is 6. The summed E-state index contributed by atoms with van der Waals surface area (Å²) in [6.07, 6.45) is 8.77. The first-order valence-electron chi connectivity index (χ1n) is 11.9. The summed E-state index contributed by atoms with van der Waals surface area (Å²) in [7, 11) is 4.10. The van der Waals surface area contributed by atoms with Crippen molar-refractivity contribution >= 4 is 28.9 Å². The maximum absolute atomic E-state index is 12.5. The molecule has 1 aliphatic heterocycles. The van der Waals surface area contributed by atoms with Gasteiger partial charge in [-0.1, -0.05) is 13.8 Å². The fourth-order valence-electron chi connectivity index (χ4n) is 4.42. The first-order valence-corrected chi connectivity index (χ1v) is 11.9. The average Bonchev–Trinajstić information content (AvgIpc) is 3.29. The molecule has 180 valence electrons. The van der Waals surface area contributed by atoms with Crippen LogP contribution >= 0.6 is 0 Å². The monoisotopic (exact) mass is 470 g/mol. The molecule has 1 saturated heterocycles. The van der Waals surface area contributed by atoms with Gasteiger partial charge in [-0.05, 0) is 56.8 Å². The molecular formula is C26H30N8O. The van der Waals surface area contributed by atoms with Crippen molar-refractivity contribution in [3.8, 4) is 11.3 Å². The van der Waals surface area contributed by atoms with Crippen molar-refractivity contribution < 1.29 is 4.79 Å². The Hall–Kier alpha value is -3.85. The molecule has 1 fully saturated rings. The van der Waals surface area contributed by atoms with Crippen LogP contribution in [0.2, 0.25) is 0 Å². The van der Waals surface area contributed by atoms with Gasteiger partial charge in [0.25, 0.3) is 0 Å². The minimum Gasteiger partial charge on any atom is -0.309 e. The van der Waals surface area contributed by atoms with E-state index in [1.54, 1.807) is 12.4 Å². The van der Waals surface area contributed by atoms with E-state index in [1.165, 1.54) is 5.56 Å². The zero-order valence-corrected chi connectivity index (χ0v) is 20.5. The highest BCUT2D eigenvalue weighted by atomic mass is 16.2. The SMILES string of the molecule is CC(C)c1cnn2ccc(-c3ccnc(Nc4ccc(N5CC(N(C)C)CCC5=O)cn4)n3)cc12. The summed E-state index contributed by atoms with van der Waals surface area (Å²) < 4.78 is 1.89. The number of hydrogen-bond acceptors (Lipinski definition) is 7. The Kier molecular flexibility index (Phi) is 6.17. The van der Waals surface area contributed by atoms with Crippen LogP contribution < -0.4 is 10.2 Å². The van der Waals surface area contributed by atoms with E-state index in [0.29, 0.717) is 36.7 Å². The van der Waals surface area contributed by atoms with Crippen LogP contribution in [0.25, 0.3) is 16.8 Å². The van der Waals surface area contributed by atoms with Crippen molar-refractivity contribution in [3.63, 3.8) is 0 Å². The van der Waals surface area contributed by atoms with Crippen LogP contribution in [-0.2, 0) is 4.79 Å². The lowest BCUT2D eigenvalue weighted by atomic mass is 10.0. The second-order valence-electron chi connectivity index (χ2n) is 9.45. The van der Waals surface area contributed by atoms with E-state index in [1.807, 2.05) is 46.1 Å². The van der Waals surface area contributed by atoms with Gasteiger partial charge in [-0.2, -0.15) is 5.10 Å². The number of hydrogen-bond donors (Lipinski definition) is 1. The van der Waals surface area contributed by atoms with Crippen LogP contribution in [0.15, 0.2) is 55.1 Å². The Balaban J connectivity index is 1.34. The van der Waals surface area contributed by atoms with Crippen molar-refractivity contribution in [2.45, 2.75) is 38.6 Å². The smallest absolute Gasteiger partial charge is 0.228 e. The summed E-state index contributed by atoms with van der Waals surface area (Å²) in [5, 5.41) is 7.62. The Morgan fingerprint density at radius 1 is 1.11 bits per heavy atom. The number of pyridine rings is 2. The van der Waals surface area contributed by atoms with Crippen LogP contribution in [0.1, 0.15) is 38.2 Å². The van der Waals surface area contributed by atoms with E-state index in [-0.39, 0.29) is 5.91 Å². The molecule has 4 aromatic heterocycles. The van der Waals surface area contributed by atoms with Crippen LogP contribution in [-0.4, -0.2) is 62.1 Å². The van der Waals surface area contributed by atoms with Gasteiger partial charge in [-0.15, -0.1) is 0 Å². The second-order valence-corrected chi connectivity index (χ2v) is 9.45. The average molecular weight is 471 g/mol. The lowest BCUT2D eigenvalue weighted by Gasteiger charge is -2.35. The molecule has 5 heterocycles. The van der Waals surface area contributed by atoms with E-state index in [2.05, 4.69) is 59.3 Å². The summed E-state index contributed by atoms with van der Waals surface area (Å²) in [4.78, 5) is 30.0.